The summed E-state index contributed by atoms with van der Waals surface area (Å²) >= 11 is 0. The first-order valence-electron chi connectivity index (χ1n) is 8.92. The van der Waals surface area contributed by atoms with Crippen LogP contribution in [0.5, 0.6) is 11.5 Å². The Hall–Kier alpha value is -3.12. The number of ether oxygens (including phenoxy) is 2. The van der Waals surface area contributed by atoms with Gasteiger partial charge in [0.25, 0.3) is 0 Å². The zero-order valence-corrected chi connectivity index (χ0v) is 15.7. The van der Waals surface area contributed by atoms with Crippen LogP contribution < -0.4 is 4.74 Å². The van der Waals surface area contributed by atoms with Crippen LogP contribution in [-0.2, 0) is 9.53 Å². The average molecular weight is 382 g/mol. The highest BCUT2D eigenvalue weighted by Crippen LogP contribution is 2.41. The number of hydrogen-bond acceptors (Lipinski definition) is 6. The molecule has 3 rings (SSSR count). The lowest BCUT2D eigenvalue weighted by Gasteiger charge is -2.27. The van der Waals surface area contributed by atoms with Crippen molar-refractivity contribution >= 4 is 17.8 Å². The maximum Gasteiger partial charge on any atom is 0.302 e. The van der Waals surface area contributed by atoms with E-state index in [1.165, 1.54) is 38.1 Å². The highest BCUT2D eigenvalue weighted by atomic mass is 16.5. The number of phenolic OH excluding ortho intramolecular Hbond substituents is 1. The molecule has 0 spiro atoms. The number of rotatable bonds is 5. The molecule has 0 unspecified atom stereocenters. The van der Waals surface area contributed by atoms with Gasteiger partial charge in [0.2, 0.25) is 0 Å². The highest BCUT2D eigenvalue weighted by Gasteiger charge is 2.30. The van der Waals surface area contributed by atoms with Crippen LogP contribution in [0, 0.1) is 0 Å². The molecule has 0 bridgehead atoms. The van der Waals surface area contributed by atoms with E-state index in [9.17, 15) is 19.8 Å². The first-order chi connectivity index (χ1) is 13.3. The molecule has 0 saturated carbocycles. The normalized spacial score (nSPS) is 18.2. The van der Waals surface area contributed by atoms with Crippen molar-refractivity contribution in [1.29, 1.82) is 0 Å². The summed E-state index contributed by atoms with van der Waals surface area (Å²) in [6, 6.07) is 12.3. The molecule has 6 heteroatoms. The zero-order chi connectivity index (χ0) is 20.3. The number of hydrogen-bond donors (Lipinski definition) is 2. The van der Waals surface area contributed by atoms with E-state index in [4.69, 9.17) is 9.47 Å². The first-order valence-corrected chi connectivity index (χ1v) is 8.92. The molecular weight excluding hydrogens is 360 g/mol. The second kappa shape index (κ2) is 7.86. The van der Waals surface area contributed by atoms with Crippen molar-refractivity contribution in [2.75, 3.05) is 6.61 Å². The molecule has 2 aromatic carbocycles. The fourth-order valence-electron chi connectivity index (χ4n) is 2.97. The second-order valence-corrected chi connectivity index (χ2v) is 6.99. The number of carbonyl (C=O) groups is 2. The van der Waals surface area contributed by atoms with E-state index in [0.29, 0.717) is 5.56 Å². The Bertz CT molecular complexity index is 914. The zero-order valence-electron chi connectivity index (χ0n) is 15.7. The number of phenols is 1. The quantitative estimate of drug-likeness (QED) is 0.770. The third-order valence-electron chi connectivity index (χ3n) is 4.45. The van der Waals surface area contributed by atoms with E-state index in [1.807, 2.05) is 30.3 Å². The lowest BCUT2D eigenvalue weighted by Crippen LogP contribution is -2.29. The van der Waals surface area contributed by atoms with Crippen molar-refractivity contribution in [2.45, 2.75) is 32.0 Å². The number of benzene rings is 2. The summed E-state index contributed by atoms with van der Waals surface area (Å²) < 4.78 is 10.9. The van der Waals surface area contributed by atoms with Gasteiger partial charge in [0.15, 0.2) is 5.78 Å². The molecule has 2 atom stereocenters. The van der Waals surface area contributed by atoms with Gasteiger partial charge in [-0.2, -0.15) is 0 Å². The maximum absolute atomic E-state index is 12.6. The molecule has 1 aliphatic heterocycles. The van der Waals surface area contributed by atoms with Crippen molar-refractivity contribution in [3.63, 3.8) is 0 Å². The van der Waals surface area contributed by atoms with Crippen LogP contribution >= 0.6 is 0 Å². The van der Waals surface area contributed by atoms with Crippen LogP contribution in [0.25, 0.3) is 6.08 Å². The molecule has 6 nitrogen and oxygen atoms in total. The molecule has 28 heavy (non-hydrogen) atoms. The molecule has 0 fully saturated rings. The summed E-state index contributed by atoms with van der Waals surface area (Å²) in [6.45, 7) is 2.49. The molecule has 0 amide bonds. The molecular formula is C22H22O6. The largest absolute Gasteiger partial charge is 0.507 e. The number of aliphatic hydroxyl groups is 1. The van der Waals surface area contributed by atoms with Gasteiger partial charge in [-0.15, -0.1) is 0 Å². The molecule has 0 aromatic heterocycles. The number of carbonyl (C=O) groups excluding carboxylic acids is 2. The Morgan fingerprint density at radius 3 is 2.68 bits per heavy atom. The molecule has 0 radical (unpaired) electrons. The van der Waals surface area contributed by atoms with E-state index in [1.54, 1.807) is 0 Å². The summed E-state index contributed by atoms with van der Waals surface area (Å²) in [5.74, 6) is -0.408. The monoisotopic (exact) mass is 382 g/mol. The number of esters is 1. The van der Waals surface area contributed by atoms with Gasteiger partial charge >= 0.3 is 5.97 Å². The van der Waals surface area contributed by atoms with Crippen LogP contribution in [0.1, 0.15) is 47.9 Å². The van der Waals surface area contributed by atoms with Crippen molar-refractivity contribution in [3.05, 3.63) is 65.2 Å². The van der Waals surface area contributed by atoms with Gasteiger partial charge in [-0.1, -0.05) is 30.3 Å². The van der Waals surface area contributed by atoms with Gasteiger partial charge in [-0.3, -0.25) is 9.59 Å². The standard InChI is InChI=1S/C22H22O6/c1-14(23)27-13-22(2,26)11-10-17-18(24)9-8-16-19(25)12-20(28-21(16)17)15-6-4-3-5-7-15/h3-11,20,24,26H,12-13H2,1-2H3/t20-,22+/m0/s1. The van der Waals surface area contributed by atoms with Gasteiger partial charge in [0.1, 0.15) is 29.8 Å². The second-order valence-electron chi connectivity index (χ2n) is 6.99. The van der Waals surface area contributed by atoms with Crippen LogP contribution in [0.3, 0.4) is 0 Å². The minimum atomic E-state index is -1.45. The highest BCUT2D eigenvalue weighted by molar-refractivity contribution is 6.01. The molecule has 0 aliphatic carbocycles. The Labute approximate surface area is 163 Å². The SMILES string of the molecule is CC(=O)OC[C@](C)(O)C=Cc1c(O)ccc2c1O[C@H](c1ccccc1)CC2=O. The third-order valence-corrected chi connectivity index (χ3v) is 4.45. The molecule has 2 aromatic rings. The Morgan fingerprint density at radius 2 is 2.00 bits per heavy atom. The van der Waals surface area contributed by atoms with Crippen LogP contribution in [-0.4, -0.2) is 34.2 Å². The fourth-order valence-corrected chi connectivity index (χ4v) is 2.97. The van der Waals surface area contributed by atoms with Gasteiger partial charge in [0, 0.05) is 6.92 Å². The Balaban J connectivity index is 1.94. The van der Waals surface area contributed by atoms with E-state index in [2.05, 4.69) is 0 Å². The van der Waals surface area contributed by atoms with E-state index in [-0.39, 0.29) is 35.9 Å². The van der Waals surface area contributed by atoms with Crippen molar-refractivity contribution in [3.8, 4) is 11.5 Å². The van der Waals surface area contributed by atoms with Gasteiger partial charge in [-0.05, 0) is 36.8 Å². The fraction of sp³-hybridized carbons (Fsp3) is 0.273. The number of fused-ring (bicyclic) bond motifs is 1. The number of ketones is 1. The molecule has 1 heterocycles. The van der Waals surface area contributed by atoms with Crippen molar-refractivity contribution in [2.24, 2.45) is 0 Å². The van der Waals surface area contributed by atoms with E-state index in [0.717, 1.165) is 5.56 Å². The molecule has 146 valence electrons. The van der Waals surface area contributed by atoms with Gasteiger partial charge in [-0.25, -0.2) is 0 Å². The number of Topliss-reactive ketones (excluding diaryl/α,β-unsaturated/α-hetero) is 1. The summed E-state index contributed by atoms with van der Waals surface area (Å²) in [7, 11) is 0. The molecule has 0 saturated heterocycles. The maximum atomic E-state index is 12.6. The summed E-state index contributed by atoms with van der Waals surface area (Å²) in [5, 5.41) is 20.7. The molecule has 1 aliphatic rings. The van der Waals surface area contributed by atoms with Crippen LogP contribution in [0.15, 0.2) is 48.5 Å². The first kappa shape index (κ1) is 19.6. The summed E-state index contributed by atoms with van der Waals surface area (Å²) in [5.41, 5.74) is 0.0821. The summed E-state index contributed by atoms with van der Waals surface area (Å²) in [6.07, 6.45) is 2.61. The minimum absolute atomic E-state index is 0.0835. The Kier molecular flexibility index (Phi) is 5.51. The average Bonchev–Trinajstić information content (AvgIpc) is 2.66. The topological polar surface area (TPSA) is 93.1 Å². The lowest BCUT2D eigenvalue weighted by molar-refractivity contribution is -0.145. The molecule has 2 N–H and O–H groups in total. The van der Waals surface area contributed by atoms with Crippen molar-refractivity contribution in [1.82, 2.24) is 0 Å². The summed E-state index contributed by atoms with van der Waals surface area (Å²) in [4.78, 5) is 23.6. The van der Waals surface area contributed by atoms with Crippen LogP contribution in [0.2, 0.25) is 0 Å². The predicted octanol–water partition coefficient (Wildman–Crippen LogP) is 3.43. The predicted molar refractivity (Wildman–Crippen MR) is 103 cm³/mol. The van der Waals surface area contributed by atoms with E-state index >= 15 is 0 Å². The minimum Gasteiger partial charge on any atom is -0.507 e. The number of aromatic hydroxyl groups is 1. The van der Waals surface area contributed by atoms with E-state index < -0.39 is 17.7 Å². The Morgan fingerprint density at radius 1 is 1.29 bits per heavy atom. The van der Waals surface area contributed by atoms with Gasteiger partial charge < -0.3 is 19.7 Å². The van der Waals surface area contributed by atoms with Gasteiger partial charge in [0.05, 0.1) is 17.5 Å². The lowest BCUT2D eigenvalue weighted by atomic mass is 9.93. The third kappa shape index (κ3) is 4.40. The smallest absolute Gasteiger partial charge is 0.302 e. The van der Waals surface area contributed by atoms with Crippen LogP contribution in [0.4, 0.5) is 0 Å². The van der Waals surface area contributed by atoms with Crippen molar-refractivity contribution < 1.29 is 29.3 Å².